The summed E-state index contributed by atoms with van der Waals surface area (Å²) in [5.41, 5.74) is 3.88. The molecule has 0 aliphatic heterocycles. The van der Waals surface area contributed by atoms with Crippen LogP contribution in [0.4, 0.5) is 0 Å². The maximum atomic E-state index is 12.8. The Labute approximate surface area is 142 Å². The SMILES string of the molecule is CSc1ccc(CN(CCO)C(=O)c2cc(C)cc(C)c2)cc1. The van der Waals surface area contributed by atoms with Crippen LogP contribution in [0.15, 0.2) is 47.4 Å². The minimum atomic E-state index is -0.0422. The average molecular weight is 329 g/mol. The van der Waals surface area contributed by atoms with Gasteiger partial charge in [-0.25, -0.2) is 0 Å². The molecule has 2 aromatic rings. The molecule has 0 aliphatic carbocycles. The highest BCUT2D eigenvalue weighted by Crippen LogP contribution is 2.17. The van der Waals surface area contributed by atoms with Crippen LogP contribution in [0.5, 0.6) is 0 Å². The summed E-state index contributed by atoms with van der Waals surface area (Å²) in [6.45, 7) is 4.76. The zero-order valence-electron chi connectivity index (χ0n) is 13.9. The van der Waals surface area contributed by atoms with E-state index in [1.54, 1.807) is 16.7 Å². The van der Waals surface area contributed by atoms with Crippen molar-refractivity contribution in [1.82, 2.24) is 4.90 Å². The fourth-order valence-corrected chi connectivity index (χ4v) is 3.01. The normalized spacial score (nSPS) is 10.6. The molecule has 2 rings (SSSR count). The Morgan fingerprint density at radius 3 is 2.22 bits per heavy atom. The third-order valence-electron chi connectivity index (χ3n) is 3.66. The number of nitrogens with zero attached hydrogens (tertiary/aromatic N) is 1. The number of amides is 1. The summed E-state index contributed by atoms with van der Waals surface area (Å²) in [7, 11) is 0. The number of carbonyl (C=O) groups excluding carboxylic acids is 1. The first-order valence-electron chi connectivity index (χ1n) is 7.65. The molecule has 1 amide bonds. The Bertz CT molecular complexity index is 647. The second kappa shape index (κ2) is 8.18. The molecule has 0 heterocycles. The number of benzene rings is 2. The number of thioether (sulfide) groups is 1. The molecule has 3 nitrogen and oxygen atoms in total. The van der Waals surface area contributed by atoms with E-state index in [9.17, 15) is 9.90 Å². The topological polar surface area (TPSA) is 40.5 Å². The highest BCUT2D eigenvalue weighted by Gasteiger charge is 2.16. The summed E-state index contributed by atoms with van der Waals surface area (Å²) in [5, 5.41) is 9.30. The highest BCUT2D eigenvalue weighted by molar-refractivity contribution is 7.98. The number of aliphatic hydroxyl groups is 1. The molecule has 0 unspecified atom stereocenters. The summed E-state index contributed by atoms with van der Waals surface area (Å²) >= 11 is 1.69. The van der Waals surface area contributed by atoms with Gasteiger partial charge in [-0.3, -0.25) is 4.79 Å². The van der Waals surface area contributed by atoms with Crippen molar-refractivity contribution in [1.29, 1.82) is 0 Å². The van der Waals surface area contributed by atoms with Crippen LogP contribution in [0.1, 0.15) is 27.0 Å². The van der Waals surface area contributed by atoms with Gasteiger partial charge in [-0.15, -0.1) is 11.8 Å². The standard InChI is InChI=1S/C19H23NO2S/c1-14-10-15(2)12-17(11-14)19(22)20(8-9-21)13-16-4-6-18(23-3)7-5-16/h4-7,10-12,21H,8-9,13H2,1-3H3. The summed E-state index contributed by atoms with van der Waals surface area (Å²) in [6, 6.07) is 14.0. The van der Waals surface area contributed by atoms with Gasteiger partial charge in [0, 0.05) is 23.5 Å². The van der Waals surface area contributed by atoms with Crippen LogP contribution in [0, 0.1) is 13.8 Å². The van der Waals surface area contributed by atoms with E-state index >= 15 is 0 Å². The van der Waals surface area contributed by atoms with E-state index in [1.807, 2.05) is 50.4 Å². The molecular formula is C19H23NO2S. The predicted molar refractivity (Wildman–Crippen MR) is 96.0 cm³/mol. The van der Waals surface area contributed by atoms with Gasteiger partial charge < -0.3 is 10.0 Å². The number of rotatable bonds is 6. The molecule has 23 heavy (non-hydrogen) atoms. The van der Waals surface area contributed by atoms with E-state index in [1.165, 1.54) is 4.90 Å². The predicted octanol–water partition coefficient (Wildman–Crippen LogP) is 3.66. The number of aliphatic hydroxyl groups excluding tert-OH is 1. The molecule has 0 aromatic heterocycles. The molecule has 122 valence electrons. The smallest absolute Gasteiger partial charge is 0.254 e. The van der Waals surface area contributed by atoms with Crippen molar-refractivity contribution >= 4 is 17.7 Å². The number of carbonyl (C=O) groups is 1. The Kier molecular flexibility index (Phi) is 6.25. The van der Waals surface area contributed by atoms with Crippen molar-refractivity contribution in [3.05, 3.63) is 64.7 Å². The molecule has 1 N–H and O–H groups in total. The molecule has 0 saturated heterocycles. The van der Waals surface area contributed by atoms with Gasteiger partial charge in [0.2, 0.25) is 0 Å². The van der Waals surface area contributed by atoms with E-state index in [-0.39, 0.29) is 12.5 Å². The van der Waals surface area contributed by atoms with Crippen LogP contribution in [0.2, 0.25) is 0 Å². The lowest BCUT2D eigenvalue weighted by Crippen LogP contribution is -2.33. The number of hydrogen-bond acceptors (Lipinski definition) is 3. The van der Waals surface area contributed by atoms with Gasteiger partial charge in [0.25, 0.3) is 5.91 Å². The maximum Gasteiger partial charge on any atom is 0.254 e. The van der Waals surface area contributed by atoms with Gasteiger partial charge >= 0.3 is 0 Å². The summed E-state index contributed by atoms with van der Waals surface area (Å²) in [5.74, 6) is -0.0419. The van der Waals surface area contributed by atoms with Crippen LogP contribution in [0.25, 0.3) is 0 Å². The second-order valence-electron chi connectivity index (χ2n) is 5.67. The third-order valence-corrected chi connectivity index (χ3v) is 4.40. The Balaban J connectivity index is 2.20. The third kappa shape index (κ3) is 4.85. The molecule has 0 bridgehead atoms. The second-order valence-corrected chi connectivity index (χ2v) is 6.55. The number of hydrogen-bond donors (Lipinski definition) is 1. The Morgan fingerprint density at radius 2 is 1.70 bits per heavy atom. The van der Waals surface area contributed by atoms with Crippen LogP contribution in [-0.4, -0.2) is 35.3 Å². The van der Waals surface area contributed by atoms with Crippen LogP contribution in [-0.2, 0) is 6.54 Å². The van der Waals surface area contributed by atoms with Crippen molar-refractivity contribution in [2.24, 2.45) is 0 Å². The van der Waals surface area contributed by atoms with Crippen molar-refractivity contribution < 1.29 is 9.90 Å². The van der Waals surface area contributed by atoms with Gasteiger partial charge in [0.1, 0.15) is 0 Å². The molecule has 0 fully saturated rings. The quantitative estimate of drug-likeness (QED) is 0.822. The Hall–Kier alpha value is -1.78. The Morgan fingerprint density at radius 1 is 1.09 bits per heavy atom. The molecule has 4 heteroatoms. The molecule has 0 radical (unpaired) electrons. The van der Waals surface area contributed by atoms with E-state index in [2.05, 4.69) is 12.1 Å². The number of aryl methyl sites for hydroxylation is 2. The first kappa shape index (κ1) is 17.6. The van der Waals surface area contributed by atoms with E-state index in [0.29, 0.717) is 18.7 Å². The van der Waals surface area contributed by atoms with E-state index in [4.69, 9.17) is 0 Å². The minimum Gasteiger partial charge on any atom is -0.395 e. The summed E-state index contributed by atoms with van der Waals surface area (Å²) < 4.78 is 0. The highest BCUT2D eigenvalue weighted by atomic mass is 32.2. The molecular weight excluding hydrogens is 306 g/mol. The fraction of sp³-hybridized carbons (Fsp3) is 0.316. The van der Waals surface area contributed by atoms with Crippen LogP contribution >= 0.6 is 11.8 Å². The van der Waals surface area contributed by atoms with Gasteiger partial charge in [-0.2, -0.15) is 0 Å². The first-order valence-corrected chi connectivity index (χ1v) is 8.87. The lowest BCUT2D eigenvalue weighted by atomic mass is 10.1. The van der Waals surface area contributed by atoms with Crippen molar-refractivity contribution in [2.45, 2.75) is 25.3 Å². The monoisotopic (exact) mass is 329 g/mol. The van der Waals surface area contributed by atoms with Crippen molar-refractivity contribution in [3.8, 4) is 0 Å². The summed E-state index contributed by atoms with van der Waals surface area (Å²) in [6.07, 6.45) is 2.04. The maximum absolute atomic E-state index is 12.8. The molecule has 2 aromatic carbocycles. The lowest BCUT2D eigenvalue weighted by molar-refractivity contribution is 0.0707. The summed E-state index contributed by atoms with van der Waals surface area (Å²) in [4.78, 5) is 15.7. The first-order chi connectivity index (χ1) is 11.0. The van der Waals surface area contributed by atoms with Gasteiger partial charge in [-0.1, -0.05) is 29.3 Å². The fourth-order valence-electron chi connectivity index (χ4n) is 2.61. The zero-order valence-corrected chi connectivity index (χ0v) is 14.7. The van der Waals surface area contributed by atoms with Crippen LogP contribution in [0.3, 0.4) is 0 Å². The van der Waals surface area contributed by atoms with Gasteiger partial charge in [0.15, 0.2) is 0 Å². The van der Waals surface area contributed by atoms with E-state index in [0.717, 1.165) is 16.7 Å². The molecule has 0 aliphatic rings. The van der Waals surface area contributed by atoms with Gasteiger partial charge in [0.05, 0.1) is 6.61 Å². The van der Waals surface area contributed by atoms with Crippen molar-refractivity contribution in [3.63, 3.8) is 0 Å². The van der Waals surface area contributed by atoms with Crippen LogP contribution < -0.4 is 0 Å². The molecule has 0 spiro atoms. The molecule has 0 saturated carbocycles. The lowest BCUT2D eigenvalue weighted by Gasteiger charge is -2.22. The minimum absolute atomic E-state index is 0.0419. The largest absolute Gasteiger partial charge is 0.395 e. The average Bonchev–Trinajstić information content (AvgIpc) is 2.53. The van der Waals surface area contributed by atoms with Gasteiger partial charge in [-0.05, 0) is 49.9 Å². The zero-order chi connectivity index (χ0) is 16.8. The van der Waals surface area contributed by atoms with E-state index < -0.39 is 0 Å². The molecule has 0 atom stereocenters. The van der Waals surface area contributed by atoms with Crippen molar-refractivity contribution in [2.75, 3.05) is 19.4 Å².